The van der Waals surface area contributed by atoms with E-state index in [9.17, 15) is 9.59 Å². The second-order valence-corrected chi connectivity index (χ2v) is 7.61. The fourth-order valence-corrected chi connectivity index (χ4v) is 3.71. The highest BCUT2D eigenvalue weighted by molar-refractivity contribution is 7.99. The minimum atomic E-state index is -0.355. The van der Waals surface area contributed by atoms with E-state index in [1.165, 1.54) is 11.8 Å². The van der Waals surface area contributed by atoms with Crippen molar-refractivity contribution in [3.8, 4) is 0 Å². The van der Waals surface area contributed by atoms with Gasteiger partial charge in [0.05, 0.1) is 29.0 Å². The van der Waals surface area contributed by atoms with Crippen LogP contribution in [0.25, 0.3) is 16.8 Å². The lowest BCUT2D eigenvalue weighted by molar-refractivity contribution is -0.113. The Hall–Kier alpha value is -3.33. The van der Waals surface area contributed by atoms with E-state index in [2.05, 4.69) is 20.5 Å². The van der Waals surface area contributed by atoms with Gasteiger partial charge in [-0.15, -0.1) is 5.10 Å². The van der Waals surface area contributed by atoms with Gasteiger partial charge in [0, 0.05) is 5.69 Å². The number of thioether (sulfide) groups is 1. The lowest BCUT2D eigenvalue weighted by Crippen LogP contribution is -2.14. The summed E-state index contributed by atoms with van der Waals surface area (Å²) in [4.78, 5) is 28.8. The maximum Gasteiger partial charge on any atom is 0.338 e. The van der Waals surface area contributed by atoms with E-state index in [0.29, 0.717) is 28.8 Å². The molecule has 0 bridgehead atoms. The zero-order chi connectivity index (χ0) is 20.9. The Balaban J connectivity index is 1.35. The number of aromatic nitrogens is 4. The maximum absolute atomic E-state index is 12.4. The van der Waals surface area contributed by atoms with Crippen LogP contribution in [0.5, 0.6) is 0 Å². The molecule has 2 aromatic heterocycles. The summed E-state index contributed by atoms with van der Waals surface area (Å²) in [5, 5.41) is 10.6. The molecule has 0 saturated carbocycles. The van der Waals surface area contributed by atoms with Crippen molar-refractivity contribution in [3.63, 3.8) is 0 Å². The van der Waals surface area contributed by atoms with Crippen molar-refractivity contribution in [3.05, 3.63) is 54.1 Å². The number of hydrogen-bond acceptors (Lipinski definition) is 6. The second kappa shape index (κ2) is 9.00. The molecular weight excluding hydrogens is 402 g/mol. The van der Waals surface area contributed by atoms with Crippen molar-refractivity contribution in [2.75, 3.05) is 17.7 Å². The first-order valence-corrected chi connectivity index (χ1v) is 10.7. The van der Waals surface area contributed by atoms with E-state index < -0.39 is 0 Å². The van der Waals surface area contributed by atoms with Crippen molar-refractivity contribution in [1.82, 2.24) is 19.6 Å². The number of H-pyrrole nitrogens is 1. The monoisotopic (exact) mass is 423 g/mol. The number of carbonyl (C=O) groups is 2. The van der Waals surface area contributed by atoms with Crippen LogP contribution >= 0.6 is 11.8 Å². The van der Waals surface area contributed by atoms with Gasteiger partial charge in [-0.1, -0.05) is 37.2 Å². The van der Waals surface area contributed by atoms with E-state index in [-0.39, 0.29) is 17.6 Å². The van der Waals surface area contributed by atoms with Gasteiger partial charge in [-0.05, 0) is 42.8 Å². The summed E-state index contributed by atoms with van der Waals surface area (Å²) in [5.74, 6) is 0.305. The van der Waals surface area contributed by atoms with Crippen molar-refractivity contribution >= 4 is 46.1 Å². The number of carbonyl (C=O) groups excluding carboxylic acids is 2. The molecule has 30 heavy (non-hydrogen) atoms. The first-order chi connectivity index (χ1) is 14.7. The number of esters is 1. The van der Waals surface area contributed by atoms with Crippen LogP contribution < -0.4 is 5.32 Å². The first-order valence-electron chi connectivity index (χ1n) is 9.67. The van der Waals surface area contributed by atoms with Gasteiger partial charge in [-0.3, -0.25) is 9.20 Å². The number of para-hydroxylation sites is 2. The lowest BCUT2D eigenvalue weighted by Gasteiger charge is -2.07. The molecule has 154 valence electrons. The molecule has 1 amide bonds. The fraction of sp³-hybridized carbons (Fsp3) is 0.238. The van der Waals surface area contributed by atoms with Gasteiger partial charge in [-0.2, -0.15) is 0 Å². The number of unbranched alkanes of at least 4 members (excludes halogenated alkanes) is 1. The highest BCUT2D eigenvalue weighted by Gasteiger charge is 2.14. The molecule has 0 aliphatic heterocycles. The molecular formula is C21H21N5O3S. The zero-order valence-electron chi connectivity index (χ0n) is 16.4. The minimum Gasteiger partial charge on any atom is -0.462 e. The van der Waals surface area contributed by atoms with Gasteiger partial charge < -0.3 is 10.1 Å². The Morgan fingerprint density at radius 2 is 1.97 bits per heavy atom. The first kappa shape index (κ1) is 20.0. The topological polar surface area (TPSA) is 101 Å². The third-order valence-corrected chi connectivity index (χ3v) is 5.41. The van der Waals surface area contributed by atoms with Gasteiger partial charge in [0.2, 0.25) is 11.7 Å². The van der Waals surface area contributed by atoms with Gasteiger partial charge in [0.15, 0.2) is 5.16 Å². The number of rotatable bonds is 8. The van der Waals surface area contributed by atoms with Crippen LogP contribution in [0, 0.1) is 0 Å². The van der Waals surface area contributed by atoms with Crippen LogP contribution in [0.3, 0.4) is 0 Å². The SMILES string of the molecule is CCCCOC(=O)c1ccc(NC(=O)CSc2n[nH]c3nc4ccccc4n23)cc1. The molecule has 0 saturated heterocycles. The largest absolute Gasteiger partial charge is 0.462 e. The normalized spacial score (nSPS) is 11.1. The molecule has 2 heterocycles. The summed E-state index contributed by atoms with van der Waals surface area (Å²) < 4.78 is 7.08. The Labute approximate surface area is 177 Å². The number of benzene rings is 2. The Bertz CT molecular complexity index is 1180. The number of hydrogen-bond donors (Lipinski definition) is 2. The van der Waals surface area contributed by atoms with E-state index in [4.69, 9.17) is 4.74 Å². The summed E-state index contributed by atoms with van der Waals surface area (Å²) in [6.45, 7) is 2.45. The Morgan fingerprint density at radius 3 is 2.77 bits per heavy atom. The van der Waals surface area contributed by atoms with Crippen molar-refractivity contribution in [1.29, 1.82) is 0 Å². The van der Waals surface area contributed by atoms with E-state index >= 15 is 0 Å². The van der Waals surface area contributed by atoms with Crippen LogP contribution in [-0.2, 0) is 9.53 Å². The summed E-state index contributed by atoms with van der Waals surface area (Å²) in [6.07, 6.45) is 1.81. The molecule has 4 aromatic rings. The zero-order valence-corrected chi connectivity index (χ0v) is 17.2. The quantitative estimate of drug-likeness (QED) is 0.253. The van der Waals surface area contributed by atoms with Gasteiger partial charge in [-0.25, -0.2) is 14.9 Å². The van der Waals surface area contributed by atoms with Crippen LogP contribution in [0.2, 0.25) is 0 Å². The number of nitrogens with one attached hydrogen (secondary N) is 2. The number of anilines is 1. The Kier molecular flexibility index (Phi) is 5.99. The molecule has 8 nitrogen and oxygen atoms in total. The van der Waals surface area contributed by atoms with Crippen LogP contribution in [0.15, 0.2) is 53.7 Å². The van der Waals surface area contributed by atoms with Gasteiger partial charge >= 0.3 is 5.97 Å². The van der Waals surface area contributed by atoms with E-state index in [0.717, 1.165) is 23.9 Å². The van der Waals surface area contributed by atoms with E-state index in [1.54, 1.807) is 24.3 Å². The molecule has 0 radical (unpaired) electrons. The predicted molar refractivity (Wildman–Crippen MR) is 116 cm³/mol. The fourth-order valence-electron chi connectivity index (χ4n) is 2.95. The number of aromatic amines is 1. The van der Waals surface area contributed by atoms with Crippen LogP contribution in [0.1, 0.15) is 30.1 Å². The highest BCUT2D eigenvalue weighted by Crippen LogP contribution is 2.23. The lowest BCUT2D eigenvalue weighted by atomic mass is 10.2. The smallest absolute Gasteiger partial charge is 0.338 e. The molecule has 0 unspecified atom stereocenters. The summed E-state index contributed by atoms with van der Waals surface area (Å²) >= 11 is 1.32. The molecule has 0 spiro atoms. The number of amides is 1. The van der Waals surface area contributed by atoms with Crippen molar-refractivity contribution < 1.29 is 14.3 Å². The van der Waals surface area contributed by atoms with Crippen molar-refractivity contribution in [2.24, 2.45) is 0 Å². The third kappa shape index (κ3) is 4.30. The molecule has 0 aliphatic rings. The molecule has 0 aliphatic carbocycles. The number of ether oxygens (including phenoxy) is 1. The molecule has 2 aromatic carbocycles. The van der Waals surface area contributed by atoms with E-state index in [1.807, 2.05) is 35.6 Å². The summed E-state index contributed by atoms with van der Waals surface area (Å²) in [5.41, 5.74) is 2.88. The minimum absolute atomic E-state index is 0.168. The predicted octanol–water partition coefficient (Wildman–Crippen LogP) is 3.90. The third-order valence-electron chi connectivity index (χ3n) is 4.47. The Morgan fingerprint density at radius 1 is 1.17 bits per heavy atom. The summed E-state index contributed by atoms with van der Waals surface area (Å²) in [6, 6.07) is 14.4. The maximum atomic E-state index is 12.4. The van der Waals surface area contributed by atoms with Crippen LogP contribution in [-0.4, -0.2) is 43.8 Å². The number of nitrogens with zero attached hydrogens (tertiary/aromatic N) is 3. The molecule has 2 N–H and O–H groups in total. The number of imidazole rings is 1. The number of fused-ring (bicyclic) bond motifs is 3. The van der Waals surface area contributed by atoms with Crippen LogP contribution in [0.4, 0.5) is 5.69 Å². The average molecular weight is 423 g/mol. The standard InChI is InChI=1S/C21H21N5O3S/c1-2-3-12-29-19(28)14-8-10-15(11-9-14)22-18(27)13-30-21-25-24-20-23-16-6-4-5-7-17(16)26(20)21/h4-11H,2-3,12-13H2,1H3,(H,22,27)(H,23,24). The van der Waals surface area contributed by atoms with Gasteiger partial charge in [0.1, 0.15) is 0 Å². The molecule has 0 atom stereocenters. The molecule has 4 rings (SSSR count). The molecule has 9 heteroatoms. The second-order valence-electron chi connectivity index (χ2n) is 6.67. The highest BCUT2D eigenvalue weighted by atomic mass is 32.2. The summed E-state index contributed by atoms with van der Waals surface area (Å²) in [7, 11) is 0. The average Bonchev–Trinajstić information content (AvgIpc) is 3.32. The van der Waals surface area contributed by atoms with Crippen molar-refractivity contribution in [2.45, 2.75) is 24.9 Å². The molecule has 0 fully saturated rings. The van der Waals surface area contributed by atoms with Gasteiger partial charge in [0.25, 0.3) is 0 Å².